The first-order chi connectivity index (χ1) is 10.1. The van der Waals surface area contributed by atoms with Gasteiger partial charge in [0.15, 0.2) is 6.61 Å². The molecule has 108 valence electrons. The highest BCUT2D eigenvalue weighted by Gasteiger charge is 2.03. The topological polar surface area (TPSA) is 63.6 Å². The lowest BCUT2D eigenvalue weighted by atomic mass is 10.2. The standard InChI is InChI=1S/C15H14BrN3O2/c1-11(12-3-2-8-17-9-12)18-19-15(20)10-21-14-6-4-13(16)5-7-14/h2-9H,10H2,1H3,(H,19,20)/b18-11-. The van der Waals surface area contributed by atoms with Gasteiger partial charge < -0.3 is 4.74 Å². The van der Waals surface area contributed by atoms with Crippen molar-refractivity contribution >= 4 is 27.5 Å². The molecule has 1 N–H and O–H groups in total. The third kappa shape index (κ3) is 5.00. The van der Waals surface area contributed by atoms with Crippen molar-refractivity contribution in [3.05, 3.63) is 58.8 Å². The molecule has 0 fully saturated rings. The summed E-state index contributed by atoms with van der Waals surface area (Å²) in [5.74, 6) is 0.308. The molecule has 0 spiro atoms. The molecule has 6 heteroatoms. The van der Waals surface area contributed by atoms with Gasteiger partial charge in [-0.25, -0.2) is 5.43 Å². The second kappa shape index (κ2) is 7.54. The number of carbonyl (C=O) groups is 1. The Morgan fingerprint density at radius 3 is 2.76 bits per heavy atom. The van der Waals surface area contributed by atoms with Crippen LogP contribution in [0.15, 0.2) is 58.4 Å². The van der Waals surface area contributed by atoms with Crippen LogP contribution in [0.5, 0.6) is 5.75 Å². The van der Waals surface area contributed by atoms with Crippen molar-refractivity contribution in [3.63, 3.8) is 0 Å². The van der Waals surface area contributed by atoms with Gasteiger partial charge in [-0.05, 0) is 37.3 Å². The smallest absolute Gasteiger partial charge is 0.277 e. The fourth-order valence-electron chi connectivity index (χ4n) is 1.50. The van der Waals surface area contributed by atoms with Crippen molar-refractivity contribution in [1.82, 2.24) is 10.4 Å². The summed E-state index contributed by atoms with van der Waals surface area (Å²) in [6.07, 6.45) is 3.37. The third-order valence-corrected chi connectivity index (χ3v) is 3.14. The van der Waals surface area contributed by atoms with E-state index in [1.54, 1.807) is 31.5 Å². The van der Waals surface area contributed by atoms with Gasteiger partial charge in [0.05, 0.1) is 5.71 Å². The van der Waals surface area contributed by atoms with Crippen LogP contribution in [0.4, 0.5) is 0 Å². The quantitative estimate of drug-likeness (QED) is 0.668. The molecule has 0 aliphatic heterocycles. The first kappa shape index (κ1) is 15.2. The zero-order valence-electron chi connectivity index (χ0n) is 11.4. The number of benzene rings is 1. The Kier molecular flexibility index (Phi) is 5.45. The van der Waals surface area contributed by atoms with Crippen molar-refractivity contribution in [2.75, 3.05) is 6.61 Å². The summed E-state index contributed by atoms with van der Waals surface area (Å²) in [7, 11) is 0. The van der Waals surface area contributed by atoms with Gasteiger partial charge in [-0.2, -0.15) is 5.10 Å². The second-order valence-electron chi connectivity index (χ2n) is 4.22. The van der Waals surface area contributed by atoms with E-state index in [2.05, 4.69) is 31.4 Å². The van der Waals surface area contributed by atoms with Crippen LogP contribution in [0.3, 0.4) is 0 Å². The van der Waals surface area contributed by atoms with Crippen LogP contribution in [0.25, 0.3) is 0 Å². The molecule has 5 nitrogen and oxygen atoms in total. The summed E-state index contributed by atoms with van der Waals surface area (Å²) >= 11 is 3.33. The maximum atomic E-state index is 11.7. The van der Waals surface area contributed by atoms with Gasteiger partial charge >= 0.3 is 0 Å². The summed E-state index contributed by atoms with van der Waals surface area (Å²) in [6, 6.07) is 10.9. The van der Waals surface area contributed by atoms with E-state index in [1.165, 1.54) is 0 Å². The van der Waals surface area contributed by atoms with Crippen LogP contribution >= 0.6 is 15.9 Å². The van der Waals surface area contributed by atoms with E-state index in [0.29, 0.717) is 11.5 Å². The number of halogens is 1. The van der Waals surface area contributed by atoms with Crippen molar-refractivity contribution in [2.24, 2.45) is 5.10 Å². The number of ether oxygens (including phenoxy) is 1. The lowest BCUT2D eigenvalue weighted by Crippen LogP contribution is -2.25. The number of amides is 1. The average molecular weight is 348 g/mol. The van der Waals surface area contributed by atoms with Crippen LogP contribution < -0.4 is 10.2 Å². The van der Waals surface area contributed by atoms with Crippen molar-refractivity contribution in [2.45, 2.75) is 6.92 Å². The van der Waals surface area contributed by atoms with Crippen molar-refractivity contribution in [1.29, 1.82) is 0 Å². The van der Waals surface area contributed by atoms with Gasteiger partial charge in [0.1, 0.15) is 5.75 Å². The molecule has 1 aromatic carbocycles. The van der Waals surface area contributed by atoms with Gasteiger partial charge in [0.2, 0.25) is 0 Å². The normalized spacial score (nSPS) is 11.0. The highest BCUT2D eigenvalue weighted by molar-refractivity contribution is 9.10. The number of aromatic nitrogens is 1. The fourth-order valence-corrected chi connectivity index (χ4v) is 1.76. The average Bonchev–Trinajstić information content (AvgIpc) is 2.53. The first-order valence-electron chi connectivity index (χ1n) is 6.27. The molecule has 0 bridgehead atoms. The molecule has 2 rings (SSSR count). The predicted octanol–water partition coefficient (Wildman–Crippen LogP) is 2.76. The number of hydrogen-bond acceptors (Lipinski definition) is 4. The van der Waals surface area contributed by atoms with E-state index in [-0.39, 0.29) is 12.5 Å². The number of pyridine rings is 1. The zero-order valence-corrected chi connectivity index (χ0v) is 13.0. The van der Waals surface area contributed by atoms with E-state index in [4.69, 9.17) is 4.74 Å². The largest absolute Gasteiger partial charge is 0.484 e. The van der Waals surface area contributed by atoms with Gasteiger partial charge in [-0.1, -0.05) is 22.0 Å². The molecule has 0 atom stereocenters. The predicted molar refractivity (Wildman–Crippen MR) is 84.2 cm³/mol. The molecule has 0 aliphatic rings. The van der Waals surface area contributed by atoms with E-state index < -0.39 is 0 Å². The van der Waals surface area contributed by atoms with Crippen LogP contribution in [-0.2, 0) is 4.79 Å². The number of nitrogens with zero attached hydrogens (tertiary/aromatic N) is 2. The minimum Gasteiger partial charge on any atom is -0.484 e. The van der Waals surface area contributed by atoms with Crippen LogP contribution in [0.1, 0.15) is 12.5 Å². The Morgan fingerprint density at radius 2 is 2.10 bits per heavy atom. The Balaban J connectivity index is 1.83. The maximum Gasteiger partial charge on any atom is 0.277 e. The van der Waals surface area contributed by atoms with Gasteiger partial charge in [0, 0.05) is 22.4 Å². The summed E-state index contributed by atoms with van der Waals surface area (Å²) in [4.78, 5) is 15.6. The van der Waals surface area contributed by atoms with Gasteiger partial charge in [-0.15, -0.1) is 0 Å². The highest BCUT2D eigenvalue weighted by atomic mass is 79.9. The number of hydrazone groups is 1. The molecular formula is C15H14BrN3O2. The van der Waals surface area contributed by atoms with Crippen LogP contribution in [0.2, 0.25) is 0 Å². The third-order valence-electron chi connectivity index (χ3n) is 2.61. The first-order valence-corrected chi connectivity index (χ1v) is 7.06. The summed E-state index contributed by atoms with van der Waals surface area (Å²) in [5.41, 5.74) is 3.98. The lowest BCUT2D eigenvalue weighted by molar-refractivity contribution is -0.123. The summed E-state index contributed by atoms with van der Waals surface area (Å²) in [6.45, 7) is 1.71. The summed E-state index contributed by atoms with van der Waals surface area (Å²) < 4.78 is 6.30. The van der Waals surface area contributed by atoms with Crippen molar-refractivity contribution < 1.29 is 9.53 Å². The Labute approximate surface area is 131 Å². The maximum absolute atomic E-state index is 11.7. The Hall–Kier alpha value is -2.21. The monoisotopic (exact) mass is 347 g/mol. The highest BCUT2D eigenvalue weighted by Crippen LogP contribution is 2.15. The van der Waals surface area contributed by atoms with Crippen molar-refractivity contribution in [3.8, 4) is 5.75 Å². The summed E-state index contributed by atoms with van der Waals surface area (Å²) in [5, 5.41) is 4.01. The SMILES string of the molecule is C/C(=N/NC(=O)COc1ccc(Br)cc1)c1cccnc1. The molecule has 0 unspecified atom stereocenters. The molecule has 0 saturated heterocycles. The lowest BCUT2D eigenvalue weighted by Gasteiger charge is -2.05. The molecule has 2 aromatic rings. The number of nitrogens with one attached hydrogen (secondary N) is 1. The molecule has 1 aromatic heterocycles. The minimum atomic E-state index is -0.318. The van der Waals surface area contributed by atoms with Crippen LogP contribution in [-0.4, -0.2) is 23.2 Å². The van der Waals surface area contributed by atoms with E-state index in [9.17, 15) is 4.79 Å². The molecule has 1 amide bonds. The molecular weight excluding hydrogens is 334 g/mol. The zero-order chi connectivity index (χ0) is 15.1. The Morgan fingerprint density at radius 1 is 1.33 bits per heavy atom. The molecule has 1 heterocycles. The van der Waals surface area contributed by atoms with E-state index >= 15 is 0 Å². The fraction of sp³-hybridized carbons (Fsp3) is 0.133. The number of hydrogen-bond donors (Lipinski definition) is 1. The molecule has 21 heavy (non-hydrogen) atoms. The Bertz CT molecular complexity index is 627. The minimum absolute atomic E-state index is 0.0918. The van der Waals surface area contributed by atoms with E-state index in [1.807, 2.05) is 24.3 Å². The van der Waals surface area contributed by atoms with Gasteiger partial charge in [-0.3, -0.25) is 9.78 Å². The second-order valence-corrected chi connectivity index (χ2v) is 5.13. The molecule has 0 aliphatic carbocycles. The van der Waals surface area contributed by atoms with Gasteiger partial charge in [0.25, 0.3) is 5.91 Å². The van der Waals surface area contributed by atoms with Crippen LogP contribution in [0, 0.1) is 0 Å². The number of carbonyl (C=O) groups excluding carboxylic acids is 1. The molecule has 0 saturated carbocycles. The number of rotatable bonds is 5. The molecule has 0 radical (unpaired) electrons. The van der Waals surface area contributed by atoms with E-state index in [0.717, 1.165) is 10.0 Å².